The smallest absolute Gasteiger partial charge is 0.244 e. The summed E-state index contributed by atoms with van der Waals surface area (Å²) in [4.78, 5) is 15.2. The quantitative estimate of drug-likeness (QED) is 0.926. The summed E-state index contributed by atoms with van der Waals surface area (Å²) >= 11 is 3.66. The SMILES string of the molecule is CSC1CCCCC1N1C(=O)C2(CC2)NC1c1ccsc1. The molecule has 2 heterocycles. The van der Waals surface area contributed by atoms with Gasteiger partial charge in [-0.05, 0) is 54.3 Å². The van der Waals surface area contributed by atoms with Crippen LogP contribution < -0.4 is 5.32 Å². The Morgan fingerprint density at radius 2 is 2.19 bits per heavy atom. The fraction of sp³-hybridized carbons (Fsp3) is 0.688. The lowest BCUT2D eigenvalue weighted by molar-refractivity contribution is -0.133. The maximum absolute atomic E-state index is 13.0. The molecule has 1 spiro atoms. The molecule has 0 aromatic carbocycles. The molecular formula is C16H22N2OS2. The second-order valence-corrected chi connectivity index (χ2v) is 8.38. The molecule has 1 aliphatic heterocycles. The summed E-state index contributed by atoms with van der Waals surface area (Å²) in [5.74, 6) is 0.365. The van der Waals surface area contributed by atoms with Crippen LogP contribution in [0.2, 0.25) is 0 Å². The molecule has 3 nitrogen and oxygen atoms in total. The summed E-state index contributed by atoms with van der Waals surface area (Å²) in [6.45, 7) is 0. The number of carbonyl (C=O) groups is 1. The van der Waals surface area contributed by atoms with Crippen molar-refractivity contribution < 1.29 is 4.79 Å². The predicted octanol–water partition coefficient (Wildman–Crippen LogP) is 3.39. The molecule has 3 fully saturated rings. The lowest BCUT2D eigenvalue weighted by Crippen LogP contribution is -2.47. The van der Waals surface area contributed by atoms with Gasteiger partial charge in [-0.15, -0.1) is 0 Å². The second-order valence-electron chi connectivity index (χ2n) is 6.52. The molecule has 2 saturated carbocycles. The molecule has 114 valence electrons. The molecule has 2 aliphatic carbocycles. The zero-order chi connectivity index (χ0) is 14.4. The summed E-state index contributed by atoms with van der Waals surface area (Å²) < 4.78 is 0. The molecule has 1 aromatic heterocycles. The van der Waals surface area contributed by atoms with Crippen molar-refractivity contribution in [2.45, 2.75) is 61.5 Å². The van der Waals surface area contributed by atoms with Gasteiger partial charge in [0.15, 0.2) is 0 Å². The Labute approximate surface area is 134 Å². The molecule has 0 radical (unpaired) electrons. The average molecular weight is 322 g/mol. The molecule has 3 aliphatic rings. The Bertz CT molecular complexity index is 526. The zero-order valence-corrected chi connectivity index (χ0v) is 14.0. The van der Waals surface area contributed by atoms with Crippen molar-refractivity contribution in [3.8, 4) is 0 Å². The van der Waals surface area contributed by atoms with Crippen LogP contribution >= 0.6 is 23.1 Å². The Hall–Kier alpha value is -0.520. The van der Waals surface area contributed by atoms with Gasteiger partial charge < -0.3 is 4.90 Å². The molecule has 1 amide bonds. The first-order valence-corrected chi connectivity index (χ1v) is 10.1. The third-order valence-electron chi connectivity index (χ3n) is 5.27. The van der Waals surface area contributed by atoms with Gasteiger partial charge >= 0.3 is 0 Å². The highest BCUT2D eigenvalue weighted by molar-refractivity contribution is 7.99. The maximum Gasteiger partial charge on any atom is 0.244 e. The molecule has 5 heteroatoms. The summed E-state index contributed by atoms with van der Waals surface area (Å²) in [7, 11) is 0. The lowest BCUT2D eigenvalue weighted by atomic mass is 9.93. The number of amides is 1. The molecular weight excluding hydrogens is 300 g/mol. The highest BCUT2D eigenvalue weighted by Crippen LogP contribution is 2.49. The van der Waals surface area contributed by atoms with Crippen LogP contribution in [-0.2, 0) is 4.79 Å². The largest absolute Gasteiger partial charge is 0.317 e. The molecule has 21 heavy (non-hydrogen) atoms. The molecule has 0 bridgehead atoms. The first kappa shape index (κ1) is 14.1. The number of thioether (sulfide) groups is 1. The first-order chi connectivity index (χ1) is 10.2. The number of nitrogens with zero attached hydrogens (tertiary/aromatic N) is 1. The average Bonchev–Trinajstić information content (AvgIpc) is 2.98. The molecule has 1 aromatic rings. The van der Waals surface area contributed by atoms with Gasteiger partial charge in [0, 0.05) is 11.3 Å². The first-order valence-electron chi connectivity index (χ1n) is 7.90. The van der Waals surface area contributed by atoms with E-state index in [-0.39, 0.29) is 11.7 Å². The van der Waals surface area contributed by atoms with Crippen LogP contribution in [0.3, 0.4) is 0 Å². The van der Waals surface area contributed by atoms with Crippen LogP contribution in [0.25, 0.3) is 0 Å². The minimum absolute atomic E-state index is 0.101. The van der Waals surface area contributed by atoms with Gasteiger partial charge in [0.2, 0.25) is 5.91 Å². The number of hydrogen-bond donors (Lipinski definition) is 1. The van der Waals surface area contributed by atoms with E-state index in [1.54, 1.807) is 11.3 Å². The van der Waals surface area contributed by atoms with Crippen LogP contribution in [0.15, 0.2) is 16.8 Å². The van der Waals surface area contributed by atoms with Crippen LogP contribution in [0, 0.1) is 0 Å². The van der Waals surface area contributed by atoms with E-state index in [9.17, 15) is 4.79 Å². The normalized spacial score (nSPS) is 34.6. The van der Waals surface area contributed by atoms with E-state index in [4.69, 9.17) is 0 Å². The summed E-state index contributed by atoms with van der Waals surface area (Å²) in [5.41, 5.74) is 1.05. The minimum atomic E-state index is -0.215. The molecule has 3 atom stereocenters. The topological polar surface area (TPSA) is 32.3 Å². The van der Waals surface area contributed by atoms with Crippen LogP contribution in [0.1, 0.15) is 50.3 Å². The van der Waals surface area contributed by atoms with Crippen molar-refractivity contribution in [2.24, 2.45) is 0 Å². The van der Waals surface area contributed by atoms with E-state index in [0.29, 0.717) is 17.2 Å². The maximum atomic E-state index is 13.0. The van der Waals surface area contributed by atoms with E-state index in [1.165, 1.54) is 24.8 Å². The predicted molar refractivity (Wildman–Crippen MR) is 88.6 cm³/mol. The van der Waals surface area contributed by atoms with Crippen LogP contribution in [0.5, 0.6) is 0 Å². The number of rotatable bonds is 3. The zero-order valence-electron chi connectivity index (χ0n) is 12.4. The van der Waals surface area contributed by atoms with E-state index >= 15 is 0 Å². The fourth-order valence-electron chi connectivity index (χ4n) is 3.93. The van der Waals surface area contributed by atoms with Crippen molar-refractivity contribution in [3.05, 3.63) is 22.4 Å². The minimum Gasteiger partial charge on any atom is -0.317 e. The van der Waals surface area contributed by atoms with Gasteiger partial charge in [-0.3, -0.25) is 10.1 Å². The number of nitrogens with one attached hydrogen (secondary N) is 1. The van der Waals surface area contributed by atoms with Crippen molar-refractivity contribution in [3.63, 3.8) is 0 Å². The Kier molecular flexibility index (Phi) is 3.55. The molecule has 1 saturated heterocycles. The fourth-order valence-corrected chi connectivity index (χ4v) is 5.59. The monoisotopic (exact) mass is 322 g/mol. The van der Waals surface area contributed by atoms with Gasteiger partial charge in [0.1, 0.15) is 11.7 Å². The molecule has 3 unspecified atom stereocenters. The second kappa shape index (κ2) is 5.28. The van der Waals surface area contributed by atoms with E-state index in [1.807, 2.05) is 11.8 Å². The van der Waals surface area contributed by atoms with Crippen molar-refractivity contribution in [2.75, 3.05) is 6.26 Å². The number of carbonyl (C=O) groups excluding carboxylic acids is 1. The van der Waals surface area contributed by atoms with Gasteiger partial charge in [0.25, 0.3) is 0 Å². The van der Waals surface area contributed by atoms with Crippen molar-refractivity contribution in [1.29, 1.82) is 0 Å². The van der Waals surface area contributed by atoms with Gasteiger partial charge in [0.05, 0.1) is 0 Å². The molecule has 1 N–H and O–H groups in total. The Morgan fingerprint density at radius 1 is 1.38 bits per heavy atom. The summed E-state index contributed by atoms with van der Waals surface area (Å²) in [6, 6.07) is 2.57. The van der Waals surface area contributed by atoms with E-state index in [0.717, 1.165) is 19.3 Å². The van der Waals surface area contributed by atoms with Crippen LogP contribution in [0.4, 0.5) is 0 Å². The number of hydrogen-bond acceptors (Lipinski definition) is 4. The Morgan fingerprint density at radius 3 is 2.86 bits per heavy atom. The standard InChI is InChI=1S/C16H22N2OS2/c1-20-13-5-3-2-4-12(13)18-14(11-6-9-21-10-11)17-16(7-8-16)15(18)19/h6,9-10,12-14,17H,2-5,7-8H2,1H3. The van der Waals surface area contributed by atoms with Crippen molar-refractivity contribution >= 4 is 29.0 Å². The highest BCUT2D eigenvalue weighted by atomic mass is 32.2. The lowest BCUT2D eigenvalue weighted by Gasteiger charge is -2.39. The summed E-state index contributed by atoms with van der Waals surface area (Å²) in [5, 5.41) is 8.56. The summed E-state index contributed by atoms with van der Waals surface area (Å²) in [6.07, 6.45) is 9.31. The van der Waals surface area contributed by atoms with Gasteiger partial charge in [-0.1, -0.05) is 12.8 Å². The Balaban J connectivity index is 1.67. The van der Waals surface area contributed by atoms with Crippen molar-refractivity contribution in [1.82, 2.24) is 10.2 Å². The van der Waals surface area contributed by atoms with Crippen LogP contribution in [-0.4, -0.2) is 33.9 Å². The van der Waals surface area contributed by atoms with Gasteiger partial charge in [-0.25, -0.2) is 0 Å². The third-order valence-corrected chi connectivity index (χ3v) is 7.13. The number of thiophene rings is 1. The van der Waals surface area contributed by atoms with E-state index < -0.39 is 0 Å². The van der Waals surface area contributed by atoms with Gasteiger partial charge in [-0.2, -0.15) is 23.1 Å². The van der Waals surface area contributed by atoms with E-state index in [2.05, 4.69) is 33.3 Å². The highest BCUT2D eigenvalue weighted by Gasteiger charge is 2.61. The molecule has 4 rings (SSSR count). The third kappa shape index (κ3) is 2.25.